The molecule has 0 fully saturated rings. The van der Waals surface area contributed by atoms with Gasteiger partial charge in [-0.25, -0.2) is 4.39 Å². The molecule has 0 heterocycles. The number of amides is 1. The zero-order valence-electron chi connectivity index (χ0n) is 13.5. The largest absolute Gasteiger partial charge is 0.416 e. The number of hydrogen-bond acceptors (Lipinski definition) is 2. The summed E-state index contributed by atoms with van der Waals surface area (Å²) in [6.07, 6.45) is -4.70. The second kappa shape index (κ2) is 7.65. The fourth-order valence-electron chi connectivity index (χ4n) is 2.44. The Morgan fingerprint density at radius 1 is 1.16 bits per heavy atom. The van der Waals surface area contributed by atoms with E-state index in [1.807, 2.05) is 6.07 Å². The van der Waals surface area contributed by atoms with Crippen LogP contribution in [-0.4, -0.2) is 5.91 Å². The van der Waals surface area contributed by atoms with Crippen LogP contribution in [0.3, 0.4) is 0 Å². The summed E-state index contributed by atoms with van der Waals surface area (Å²) in [5.41, 5.74) is 5.48. The molecule has 0 aliphatic heterocycles. The van der Waals surface area contributed by atoms with E-state index in [9.17, 15) is 22.4 Å². The van der Waals surface area contributed by atoms with Crippen molar-refractivity contribution in [1.29, 1.82) is 0 Å². The van der Waals surface area contributed by atoms with Crippen molar-refractivity contribution in [2.45, 2.75) is 25.7 Å². The molecule has 2 aromatic rings. The van der Waals surface area contributed by atoms with E-state index < -0.39 is 35.4 Å². The number of carbonyl (C=O) groups excluding carboxylic acids is 1. The first-order valence-corrected chi connectivity index (χ1v) is 7.64. The minimum Gasteiger partial charge on any atom is -0.352 e. The van der Waals surface area contributed by atoms with Crippen LogP contribution in [0.4, 0.5) is 17.6 Å². The van der Waals surface area contributed by atoms with Crippen molar-refractivity contribution in [1.82, 2.24) is 5.32 Å². The summed E-state index contributed by atoms with van der Waals surface area (Å²) in [6.45, 7) is 1.24. The average molecular weight is 354 g/mol. The SMILES string of the molecule is CC(C(=O)NCc1ccc(F)cc1C(F)(F)F)C(N)c1ccccc1. The third-order valence-corrected chi connectivity index (χ3v) is 3.97. The molecule has 25 heavy (non-hydrogen) atoms. The van der Waals surface area contributed by atoms with Gasteiger partial charge in [0.1, 0.15) is 5.82 Å². The lowest BCUT2D eigenvalue weighted by Gasteiger charge is -2.20. The highest BCUT2D eigenvalue weighted by Gasteiger charge is 2.34. The summed E-state index contributed by atoms with van der Waals surface area (Å²) in [5, 5.41) is 2.44. The number of alkyl halides is 3. The Morgan fingerprint density at radius 2 is 1.80 bits per heavy atom. The van der Waals surface area contributed by atoms with Crippen molar-refractivity contribution in [2.75, 3.05) is 0 Å². The average Bonchev–Trinajstić information content (AvgIpc) is 2.59. The zero-order valence-corrected chi connectivity index (χ0v) is 13.5. The van der Waals surface area contributed by atoms with Crippen LogP contribution in [0.5, 0.6) is 0 Å². The lowest BCUT2D eigenvalue weighted by Crippen LogP contribution is -2.35. The predicted molar refractivity (Wildman–Crippen MR) is 85.8 cm³/mol. The van der Waals surface area contributed by atoms with Crippen LogP contribution < -0.4 is 11.1 Å². The third-order valence-electron chi connectivity index (χ3n) is 3.97. The Bertz CT molecular complexity index is 732. The topological polar surface area (TPSA) is 55.1 Å². The van der Waals surface area contributed by atoms with E-state index in [-0.39, 0.29) is 12.1 Å². The van der Waals surface area contributed by atoms with Gasteiger partial charge in [-0.1, -0.05) is 43.3 Å². The molecule has 2 aromatic carbocycles. The summed E-state index contributed by atoms with van der Waals surface area (Å²) in [6, 6.07) is 10.7. The van der Waals surface area contributed by atoms with E-state index in [0.29, 0.717) is 6.07 Å². The second-order valence-electron chi connectivity index (χ2n) is 5.74. The fourth-order valence-corrected chi connectivity index (χ4v) is 2.44. The first-order valence-electron chi connectivity index (χ1n) is 7.64. The van der Waals surface area contributed by atoms with Gasteiger partial charge in [0.15, 0.2) is 0 Å². The summed E-state index contributed by atoms with van der Waals surface area (Å²) in [4.78, 5) is 12.2. The molecule has 0 radical (unpaired) electrons. The number of nitrogens with one attached hydrogen (secondary N) is 1. The molecule has 1 amide bonds. The maximum absolute atomic E-state index is 13.1. The smallest absolute Gasteiger partial charge is 0.352 e. The minimum atomic E-state index is -4.70. The highest BCUT2D eigenvalue weighted by Crippen LogP contribution is 2.32. The Hall–Kier alpha value is -2.41. The van der Waals surface area contributed by atoms with Gasteiger partial charge in [-0.2, -0.15) is 13.2 Å². The number of benzene rings is 2. The molecule has 2 atom stereocenters. The zero-order chi connectivity index (χ0) is 18.6. The fraction of sp³-hybridized carbons (Fsp3) is 0.278. The van der Waals surface area contributed by atoms with Gasteiger partial charge in [0.2, 0.25) is 5.91 Å². The minimum absolute atomic E-state index is 0.206. The Kier molecular flexibility index (Phi) is 5.79. The molecule has 134 valence electrons. The van der Waals surface area contributed by atoms with Gasteiger partial charge in [-0.3, -0.25) is 4.79 Å². The molecule has 0 aromatic heterocycles. The lowest BCUT2D eigenvalue weighted by molar-refractivity contribution is -0.138. The first-order chi connectivity index (χ1) is 11.7. The molecule has 0 bridgehead atoms. The maximum Gasteiger partial charge on any atom is 0.416 e. The van der Waals surface area contributed by atoms with E-state index in [1.54, 1.807) is 31.2 Å². The molecule has 2 unspecified atom stereocenters. The normalized spacial score (nSPS) is 14.0. The van der Waals surface area contributed by atoms with E-state index in [1.165, 1.54) is 0 Å². The van der Waals surface area contributed by atoms with Crippen LogP contribution in [0, 0.1) is 11.7 Å². The Morgan fingerprint density at radius 3 is 2.40 bits per heavy atom. The Balaban J connectivity index is 2.07. The number of halogens is 4. The van der Waals surface area contributed by atoms with E-state index in [0.717, 1.165) is 17.7 Å². The molecule has 3 nitrogen and oxygen atoms in total. The standard InChI is InChI=1S/C18H18F4N2O/c1-11(16(23)12-5-3-2-4-6-12)17(25)24-10-13-7-8-14(19)9-15(13)18(20,21)22/h2-9,11,16H,10,23H2,1H3,(H,24,25). The second-order valence-corrected chi connectivity index (χ2v) is 5.74. The highest BCUT2D eigenvalue weighted by atomic mass is 19.4. The van der Waals surface area contributed by atoms with Crippen molar-refractivity contribution in [3.63, 3.8) is 0 Å². The summed E-state index contributed by atoms with van der Waals surface area (Å²) >= 11 is 0. The highest BCUT2D eigenvalue weighted by molar-refractivity contribution is 5.79. The molecule has 0 saturated carbocycles. The van der Waals surface area contributed by atoms with E-state index in [2.05, 4.69) is 5.32 Å². The molecule has 3 N–H and O–H groups in total. The van der Waals surface area contributed by atoms with Crippen molar-refractivity contribution < 1.29 is 22.4 Å². The van der Waals surface area contributed by atoms with Gasteiger partial charge in [0.25, 0.3) is 0 Å². The third kappa shape index (κ3) is 4.79. The van der Waals surface area contributed by atoms with E-state index in [4.69, 9.17) is 5.73 Å². The van der Waals surface area contributed by atoms with Crippen LogP contribution in [0.15, 0.2) is 48.5 Å². The van der Waals surface area contributed by atoms with Crippen LogP contribution in [0.2, 0.25) is 0 Å². The number of hydrogen-bond donors (Lipinski definition) is 2. The van der Waals surface area contributed by atoms with Crippen LogP contribution in [-0.2, 0) is 17.5 Å². The molecule has 2 rings (SSSR count). The molecule has 0 spiro atoms. The van der Waals surface area contributed by atoms with Gasteiger partial charge in [0.05, 0.1) is 11.5 Å². The van der Waals surface area contributed by atoms with E-state index >= 15 is 0 Å². The summed E-state index contributed by atoms with van der Waals surface area (Å²) < 4.78 is 52.0. The maximum atomic E-state index is 13.1. The van der Waals surface area contributed by atoms with Gasteiger partial charge in [-0.15, -0.1) is 0 Å². The van der Waals surface area contributed by atoms with Crippen molar-refractivity contribution in [3.8, 4) is 0 Å². The quantitative estimate of drug-likeness (QED) is 0.803. The Labute approximate surface area is 142 Å². The first kappa shape index (κ1) is 18.9. The predicted octanol–water partition coefficient (Wildman–Crippen LogP) is 3.80. The molecule has 7 heteroatoms. The van der Waals surface area contributed by atoms with Gasteiger partial charge in [-0.05, 0) is 23.3 Å². The monoisotopic (exact) mass is 354 g/mol. The van der Waals surface area contributed by atoms with Gasteiger partial charge < -0.3 is 11.1 Å². The van der Waals surface area contributed by atoms with Crippen molar-refractivity contribution >= 4 is 5.91 Å². The molecular weight excluding hydrogens is 336 g/mol. The van der Waals surface area contributed by atoms with Gasteiger partial charge in [0, 0.05) is 12.6 Å². The molecule has 0 saturated heterocycles. The van der Waals surface area contributed by atoms with Crippen molar-refractivity contribution in [2.24, 2.45) is 11.7 Å². The van der Waals surface area contributed by atoms with Gasteiger partial charge >= 0.3 is 6.18 Å². The van der Waals surface area contributed by atoms with Crippen LogP contribution >= 0.6 is 0 Å². The number of nitrogens with two attached hydrogens (primary N) is 1. The number of carbonyl (C=O) groups is 1. The summed E-state index contributed by atoms with van der Waals surface area (Å²) in [7, 11) is 0. The van der Waals surface area contributed by atoms with Crippen LogP contribution in [0.1, 0.15) is 29.7 Å². The molecular formula is C18H18F4N2O. The van der Waals surface area contributed by atoms with Crippen LogP contribution in [0.25, 0.3) is 0 Å². The lowest BCUT2D eigenvalue weighted by atomic mass is 9.94. The van der Waals surface area contributed by atoms with Crippen molar-refractivity contribution in [3.05, 3.63) is 71.0 Å². The molecule has 0 aliphatic carbocycles. The number of rotatable bonds is 5. The summed E-state index contributed by atoms with van der Waals surface area (Å²) in [5.74, 6) is -2.10. The molecule has 0 aliphatic rings.